The third-order valence-electron chi connectivity index (χ3n) is 3.72. The number of rotatable bonds is 3. The number of hydrogen-bond donors (Lipinski definition) is 1. The molecule has 1 aromatic heterocycles. The van der Waals surface area contributed by atoms with Gasteiger partial charge in [-0.3, -0.25) is 9.79 Å². The second kappa shape index (κ2) is 6.15. The molecule has 0 radical (unpaired) electrons. The minimum absolute atomic E-state index is 0.490. The molecule has 0 saturated carbocycles. The van der Waals surface area contributed by atoms with E-state index in [0.29, 0.717) is 17.1 Å². The Morgan fingerprint density at radius 3 is 2.95 bits per heavy atom. The van der Waals surface area contributed by atoms with Gasteiger partial charge in [0.25, 0.3) is 0 Å². The van der Waals surface area contributed by atoms with E-state index in [1.807, 2.05) is 11.0 Å². The Balaban J connectivity index is 1.94. The van der Waals surface area contributed by atoms with Gasteiger partial charge in [-0.1, -0.05) is 29.8 Å². The Kier molecular flexibility index (Phi) is 4.26. The smallest absolute Gasteiger partial charge is 0.299 e. The summed E-state index contributed by atoms with van der Waals surface area (Å²) in [6, 6.07) is 8.51. The van der Waals surface area contributed by atoms with Gasteiger partial charge in [0.1, 0.15) is 6.04 Å². The molecule has 1 N–H and O–H groups in total. The molecule has 0 unspecified atom stereocenters. The zero-order valence-electron chi connectivity index (χ0n) is 11.2. The Hall–Kier alpha value is -1.40. The van der Waals surface area contributed by atoms with Crippen molar-refractivity contribution in [3.05, 3.63) is 56.7 Å². The molecular formula is C15H14ClNO3S. The van der Waals surface area contributed by atoms with E-state index in [9.17, 15) is 4.79 Å². The number of benzene rings is 1. The number of hydrogen-bond acceptors (Lipinski definition) is 5. The number of nitrogens with zero attached hydrogens (tertiary/aromatic N) is 1. The van der Waals surface area contributed by atoms with Gasteiger partial charge < -0.3 is 0 Å². The van der Waals surface area contributed by atoms with Crippen LogP contribution in [0, 0.1) is 0 Å². The fourth-order valence-corrected chi connectivity index (χ4v) is 3.84. The van der Waals surface area contributed by atoms with Crippen LogP contribution in [-0.4, -0.2) is 22.7 Å². The van der Waals surface area contributed by atoms with E-state index < -0.39 is 12.0 Å². The van der Waals surface area contributed by atoms with Crippen LogP contribution in [0.15, 0.2) is 35.7 Å². The second-order valence-electron chi connectivity index (χ2n) is 4.92. The highest BCUT2D eigenvalue weighted by atomic mass is 35.5. The van der Waals surface area contributed by atoms with Crippen molar-refractivity contribution in [2.24, 2.45) is 0 Å². The molecule has 0 saturated heterocycles. The summed E-state index contributed by atoms with van der Waals surface area (Å²) < 4.78 is 0. The molecule has 0 spiro atoms. The molecule has 1 aliphatic rings. The van der Waals surface area contributed by atoms with Gasteiger partial charge in [0, 0.05) is 23.0 Å². The molecular weight excluding hydrogens is 310 g/mol. The molecule has 0 fully saturated rings. The summed E-state index contributed by atoms with van der Waals surface area (Å²) in [6.07, 6.45) is 0.882. The number of halogens is 1. The van der Waals surface area contributed by atoms with Crippen molar-refractivity contribution in [3.63, 3.8) is 0 Å². The first-order valence-electron chi connectivity index (χ1n) is 6.59. The molecule has 0 aliphatic carbocycles. The first kappa shape index (κ1) is 14.5. The van der Waals surface area contributed by atoms with Crippen molar-refractivity contribution >= 4 is 28.9 Å². The van der Waals surface area contributed by atoms with Gasteiger partial charge in [-0.2, -0.15) is 5.26 Å². The standard InChI is InChI=1S/C15H14ClNO3S/c16-12-4-2-1-3-11(12)14(15(18)20-19)17-7-5-13-10(9-17)6-8-21-13/h1-4,6,8,14,19H,5,7,9H2/t14-/m0/s1. The predicted molar refractivity (Wildman–Crippen MR) is 81.3 cm³/mol. The van der Waals surface area contributed by atoms with Crippen molar-refractivity contribution < 1.29 is 14.9 Å². The van der Waals surface area contributed by atoms with E-state index in [-0.39, 0.29) is 0 Å². The molecule has 1 aliphatic heterocycles. The zero-order valence-corrected chi connectivity index (χ0v) is 12.7. The van der Waals surface area contributed by atoms with Crippen LogP contribution in [0.2, 0.25) is 5.02 Å². The molecule has 1 aromatic carbocycles. The van der Waals surface area contributed by atoms with E-state index in [4.69, 9.17) is 16.9 Å². The van der Waals surface area contributed by atoms with Crippen LogP contribution in [0.4, 0.5) is 0 Å². The normalized spacial score (nSPS) is 16.3. The third-order valence-corrected chi connectivity index (χ3v) is 5.08. The van der Waals surface area contributed by atoms with Gasteiger partial charge in [0.05, 0.1) is 0 Å². The van der Waals surface area contributed by atoms with Gasteiger partial charge in [-0.05, 0) is 35.1 Å². The number of carbonyl (C=O) groups excluding carboxylic acids is 1. The van der Waals surface area contributed by atoms with Gasteiger partial charge in [0.2, 0.25) is 0 Å². The van der Waals surface area contributed by atoms with Crippen molar-refractivity contribution in [1.82, 2.24) is 4.90 Å². The topological polar surface area (TPSA) is 49.8 Å². The summed E-state index contributed by atoms with van der Waals surface area (Å²) in [4.78, 5) is 19.4. The maximum absolute atomic E-state index is 12.0. The van der Waals surface area contributed by atoms with E-state index in [2.05, 4.69) is 16.3 Å². The number of thiophene rings is 1. The van der Waals surface area contributed by atoms with Crippen molar-refractivity contribution in [2.45, 2.75) is 19.0 Å². The molecule has 21 heavy (non-hydrogen) atoms. The SMILES string of the molecule is O=C(OO)[C@H](c1ccccc1Cl)N1CCc2sccc2C1. The molecule has 2 aromatic rings. The zero-order chi connectivity index (χ0) is 14.8. The third kappa shape index (κ3) is 2.82. The van der Waals surface area contributed by atoms with Crippen LogP contribution >= 0.6 is 22.9 Å². The van der Waals surface area contributed by atoms with Gasteiger partial charge >= 0.3 is 5.97 Å². The Bertz CT molecular complexity index is 658. The summed E-state index contributed by atoms with van der Waals surface area (Å²) in [5.74, 6) is -0.707. The summed E-state index contributed by atoms with van der Waals surface area (Å²) in [5.41, 5.74) is 1.87. The van der Waals surface area contributed by atoms with Crippen molar-refractivity contribution in [3.8, 4) is 0 Å². The lowest BCUT2D eigenvalue weighted by Crippen LogP contribution is -2.38. The average Bonchev–Trinajstić information content (AvgIpc) is 2.97. The molecule has 1 atom stereocenters. The highest BCUT2D eigenvalue weighted by Crippen LogP contribution is 2.33. The maximum Gasteiger partial charge on any atom is 0.363 e. The quantitative estimate of drug-likeness (QED) is 0.693. The fraction of sp³-hybridized carbons (Fsp3) is 0.267. The Morgan fingerprint density at radius 1 is 1.38 bits per heavy atom. The lowest BCUT2D eigenvalue weighted by Gasteiger charge is -2.32. The lowest BCUT2D eigenvalue weighted by molar-refractivity contribution is -0.240. The maximum atomic E-state index is 12.0. The van der Waals surface area contributed by atoms with Crippen LogP contribution in [0.25, 0.3) is 0 Å². The second-order valence-corrected chi connectivity index (χ2v) is 6.33. The molecule has 6 heteroatoms. The summed E-state index contributed by atoms with van der Waals surface area (Å²) >= 11 is 7.94. The summed E-state index contributed by atoms with van der Waals surface area (Å²) in [7, 11) is 0. The first-order chi connectivity index (χ1) is 10.2. The largest absolute Gasteiger partial charge is 0.363 e. The summed E-state index contributed by atoms with van der Waals surface area (Å²) in [6.45, 7) is 1.36. The minimum atomic E-state index is -0.707. The van der Waals surface area contributed by atoms with Crippen LogP contribution < -0.4 is 0 Å². The number of fused-ring (bicyclic) bond motifs is 1. The van der Waals surface area contributed by atoms with Gasteiger partial charge in [-0.15, -0.1) is 11.3 Å². The summed E-state index contributed by atoms with van der Waals surface area (Å²) in [5, 5.41) is 11.4. The lowest BCUT2D eigenvalue weighted by atomic mass is 10.0. The minimum Gasteiger partial charge on any atom is -0.299 e. The molecule has 0 bridgehead atoms. The van der Waals surface area contributed by atoms with Crippen molar-refractivity contribution in [2.75, 3.05) is 6.54 Å². The number of carbonyl (C=O) groups is 1. The van der Waals surface area contributed by atoms with Crippen LogP contribution in [-0.2, 0) is 22.6 Å². The van der Waals surface area contributed by atoms with Crippen molar-refractivity contribution in [1.29, 1.82) is 0 Å². The monoisotopic (exact) mass is 323 g/mol. The van der Waals surface area contributed by atoms with E-state index in [1.54, 1.807) is 29.5 Å². The highest BCUT2D eigenvalue weighted by Gasteiger charge is 2.33. The molecule has 4 nitrogen and oxygen atoms in total. The first-order valence-corrected chi connectivity index (χ1v) is 7.85. The van der Waals surface area contributed by atoms with E-state index >= 15 is 0 Å². The van der Waals surface area contributed by atoms with E-state index in [0.717, 1.165) is 13.0 Å². The Morgan fingerprint density at radius 2 is 2.19 bits per heavy atom. The molecule has 3 rings (SSSR count). The Labute approximate surface area is 131 Å². The van der Waals surface area contributed by atoms with Crippen LogP contribution in [0.5, 0.6) is 0 Å². The van der Waals surface area contributed by atoms with Gasteiger partial charge in [0.15, 0.2) is 0 Å². The molecule has 110 valence electrons. The predicted octanol–water partition coefficient (Wildman–Crippen LogP) is 3.52. The van der Waals surface area contributed by atoms with Crippen LogP contribution in [0.1, 0.15) is 22.0 Å². The van der Waals surface area contributed by atoms with Gasteiger partial charge in [-0.25, -0.2) is 4.79 Å². The average molecular weight is 324 g/mol. The van der Waals surface area contributed by atoms with Crippen LogP contribution in [0.3, 0.4) is 0 Å². The molecule has 0 amide bonds. The fourth-order valence-electron chi connectivity index (χ4n) is 2.71. The molecule has 2 heterocycles. The highest BCUT2D eigenvalue weighted by molar-refractivity contribution is 7.10. The van der Waals surface area contributed by atoms with E-state index in [1.165, 1.54) is 10.4 Å².